The maximum absolute atomic E-state index is 14.9. The minimum atomic E-state index is -4.78. The SMILES string of the molecule is CCn1cnn(-c2cc(O[C@@H](C)C(F)(F)F)c(C(=O)Nc3c(Cl)cccc3Cl)cc2F)c1=O. The third-order valence-electron chi connectivity index (χ3n) is 4.56. The Kier molecular flexibility index (Phi) is 7.03. The van der Waals surface area contributed by atoms with E-state index < -0.39 is 46.7 Å². The van der Waals surface area contributed by atoms with Crippen molar-refractivity contribution in [2.24, 2.45) is 0 Å². The quantitative estimate of drug-likeness (QED) is 0.472. The van der Waals surface area contributed by atoms with Gasteiger partial charge >= 0.3 is 11.9 Å². The molecule has 176 valence electrons. The molecule has 0 radical (unpaired) electrons. The van der Waals surface area contributed by atoms with E-state index in [-0.39, 0.29) is 22.3 Å². The van der Waals surface area contributed by atoms with Crippen molar-refractivity contribution in [1.82, 2.24) is 14.3 Å². The normalized spacial score (nSPS) is 12.5. The van der Waals surface area contributed by atoms with E-state index in [0.29, 0.717) is 17.7 Å². The average Bonchev–Trinajstić information content (AvgIpc) is 3.11. The lowest BCUT2D eigenvalue weighted by molar-refractivity contribution is -0.189. The van der Waals surface area contributed by atoms with Crippen molar-refractivity contribution in [3.8, 4) is 11.4 Å². The fraction of sp³-hybridized carbons (Fsp3) is 0.250. The van der Waals surface area contributed by atoms with Gasteiger partial charge in [-0.1, -0.05) is 29.3 Å². The van der Waals surface area contributed by atoms with Gasteiger partial charge in [0.2, 0.25) is 0 Å². The molecular weight excluding hydrogens is 491 g/mol. The summed E-state index contributed by atoms with van der Waals surface area (Å²) in [4.78, 5) is 25.2. The summed E-state index contributed by atoms with van der Waals surface area (Å²) in [6.45, 7) is 2.60. The van der Waals surface area contributed by atoms with Gasteiger partial charge in [0, 0.05) is 12.6 Å². The van der Waals surface area contributed by atoms with Crippen LogP contribution in [0.25, 0.3) is 5.69 Å². The van der Waals surface area contributed by atoms with Crippen molar-refractivity contribution in [3.05, 3.63) is 68.6 Å². The number of benzene rings is 2. The highest BCUT2D eigenvalue weighted by molar-refractivity contribution is 6.40. The third-order valence-corrected chi connectivity index (χ3v) is 5.19. The zero-order chi connectivity index (χ0) is 24.5. The van der Waals surface area contributed by atoms with Crippen LogP contribution in [0, 0.1) is 5.82 Å². The molecule has 1 N–H and O–H groups in total. The lowest BCUT2D eigenvalue weighted by Crippen LogP contribution is -2.32. The molecule has 3 aromatic rings. The Balaban J connectivity index is 2.12. The molecule has 1 amide bonds. The number of aromatic nitrogens is 3. The summed E-state index contributed by atoms with van der Waals surface area (Å²) < 4.78 is 61.1. The van der Waals surface area contributed by atoms with Crippen LogP contribution >= 0.6 is 23.2 Å². The molecule has 0 unspecified atom stereocenters. The maximum atomic E-state index is 14.9. The zero-order valence-corrected chi connectivity index (χ0v) is 18.6. The Labute approximate surface area is 194 Å². The summed E-state index contributed by atoms with van der Waals surface area (Å²) in [7, 11) is 0. The summed E-state index contributed by atoms with van der Waals surface area (Å²) in [5.74, 6) is -2.76. The molecule has 0 aliphatic heterocycles. The van der Waals surface area contributed by atoms with Crippen molar-refractivity contribution < 1.29 is 27.1 Å². The number of nitrogens with zero attached hydrogens (tertiary/aromatic N) is 3. The lowest BCUT2D eigenvalue weighted by Gasteiger charge is -2.20. The van der Waals surface area contributed by atoms with E-state index in [1.165, 1.54) is 18.2 Å². The van der Waals surface area contributed by atoms with Crippen molar-refractivity contribution in [3.63, 3.8) is 0 Å². The molecule has 3 rings (SSSR count). The standard InChI is InChI=1S/C20H16Cl2F4N4O3/c1-3-29-9-27-30(19(29)32)15-8-16(33-10(2)20(24,25)26)11(7-14(15)23)18(31)28-17-12(21)5-4-6-13(17)22/h4-10H,3H2,1-2H3,(H,28,31)/t10-/m0/s1. The van der Waals surface area contributed by atoms with E-state index >= 15 is 0 Å². The highest BCUT2D eigenvalue weighted by Crippen LogP contribution is 2.33. The largest absolute Gasteiger partial charge is 0.480 e. The van der Waals surface area contributed by atoms with Crippen LogP contribution in [0.1, 0.15) is 24.2 Å². The second-order valence-corrected chi connectivity index (χ2v) is 7.58. The number of hydrogen-bond donors (Lipinski definition) is 1. The molecule has 0 aliphatic rings. The summed E-state index contributed by atoms with van der Waals surface area (Å²) >= 11 is 12.0. The predicted octanol–water partition coefficient (Wildman–Crippen LogP) is 5.08. The van der Waals surface area contributed by atoms with Gasteiger partial charge in [0.1, 0.15) is 23.6 Å². The maximum Gasteiger partial charge on any atom is 0.425 e. The van der Waals surface area contributed by atoms with Crippen LogP contribution in [0.4, 0.5) is 23.2 Å². The number of hydrogen-bond acceptors (Lipinski definition) is 4. The number of para-hydroxylation sites is 1. The molecule has 1 atom stereocenters. The number of aryl methyl sites for hydroxylation is 1. The summed E-state index contributed by atoms with van der Waals surface area (Å²) in [5.41, 5.74) is -1.83. The summed E-state index contributed by atoms with van der Waals surface area (Å²) in [6.07, 6.45) is -5.99. The van der Waals surface area contributed by atoms with Crippen LogP contribution in [0.5, 0.6) is 5.75 Å². The first-order valence-corrected chi connectivity index (χ1v) is 10.2. The fourth-order valence-corrected chi connectivity index (χ4v) is 3.24. The Hall–Kier alpha value is -3.05. The molecule has 0 saturated carbocycles. The van der Waals surface area contributed by atoms with Gasteiger partial charge in [0.05, 0.1) is 21.3 Å². The van der Waals surface area contributed by atoms with E-state index in [1.807, 2.05) is 0 Å². The van der Waals surface area contributed by atoms with Gasteiger partial charge in [-0.3, -0.25) is 9.36 Å². The van der Waals surface area contributed by atoms with Crippen LogP contribution < -0.4 is 15.7 Å². The number of carbonyl (C=O) groups is 1. The minimum Gasteiger partial charge on any atom is -0.480 e. The number of ether oxygens (including phenoxy) is 1. The van der Waals surface area contributed by atoms with E-state index in [1.54, 1.807) is 6.92 Å². The van der Waals surface area contributed by atoms with Gasteiger partial charge < -0.3 is 10.1 Å². The van der Waals surface area contributed by atoms with Crippen molar-refractivity contribution in [2.75, 3.05) is 5.32 Å². The Bertz CT molecular complexity index is 1240. The monoisotopic (exact) mass is 506 g/mol. The third kappa shape index (κ3) is 5.14. The van der Waals surface area contributed by atoms with Crippen molar-refractivity contribution >= 4 is 34.8 Å². The van der Waals surface area contributed by atoms with Crippen LogP contribution in [-0.2, 0) is 6.54 Å². The Morgan fingerprint density at radius 3 is 2.42 bits per heavy atom. The van der Waals surface area contributed by atoms with Crippen LogP contribution in [0.3, 0.4) is 0 Å². The Morgan fingerprint density at radius 1 is 1.24 bits per heavy atom. The molecule has 33 heavy (non-hydrogen) atoms. The van der Waals surface area contributed by atoms with E-state index in [2.05, 4.69) is 10.4 Å². The molecule has 0 fully saturated rings. The van der Waals surface area contributed by atoms with E-state index in [0.717, 1.165) is 17.0 Å². The number of halogens is 6. The van der Waals surface area contributed by atoms with Crippen LogP contribution in [0.15, 0.2) is 41.5 Å². The predicted molar refractivity (Wildman–Crippen MR) is 114 cm³/mol. The highest BCUT2D eigenvalue weighted by atomic mass is 35.5. The van der Waals surface area contributed by atoms with E-state index in [9.17, 15) is 27.2 Å². The van der Waals surface area contributed by atoms with E-state index in [4.69, 9.17) is 27.9 Å². The fourth-order valence-electron chi connectivity index (χ4n) is 2.75. The van der Waals surface area contributed by atoms with Gasteiger partial charge in [0.15, 0.2) is 6.10 Å². The molecule has 0 saturated heterocycles. The number of amides is 1. The second kappa shape index (κ2) is 9.44. The van der Waals surface area contributed by atoms with Crippen molar-refractivity contribution in [2.45, 2.75) is 32.7 Å². The molecule has 1 heterocycles. The number of rotatable bonds is 6. The first-order valence-electron chi connectivity index (χ1n) is 9.41. The van der Waals surface area contributed by atoms with Gasteiger partial charge in [-0.15, -0.1) is 0 Å². The summed E-state index contributed by atoms with van der Waals surface area (Å²) in [6, 6.07) is 5.81. The van der Waals surface area contributed by atoms with Crippen LogP contribution in [0.2, 0.25) is 10.0 Å². The lowest BCUT2D eigenvalue weighted by atomic mass is 10.1. The molecule has 0 aliphatic carbocycles. The minimum absolute atomic E-state index is 0.0250. The number of anilines is 1. The summed E-state index contributed by atoms with van der Waals surface area (Å²) in [5, 5.41) is 6.21. The molecule has 0 bridgehead atoms. The van der Waals surface area contributed by atoms with Gasteiger partial charge in [-0.05, 0) is 32.0 Å². The molecular formula is C20H16Cl2F4N4O3. The highest BCUT2D eigenvalue weighted by Gasteiger charge is 2.39. The zero-order valence-electron chi connectivity index (χ0n) is 17.1. The number of alkyl halides is 3. The smallest absolute Gasteiger partial charge is 0.425 e. The van der Waals surface area contributed by atoms with Crippen molar-refractivity contribution in [1.29, 1.82) is 0 Å². The van der Waals surface area contributed by atoms with Gasteiger partial charge in [-0.2, -0.15) is 23.0 Å². The first kappa shape index (κ1) is 24.6. The topological polar surface area (TPSA) is 78.2 Å². The first-order chi connectivity index (χ1) is 15.4. The molecule has 13 heteroatoms. The van der Waals surface area contributed by atoms with Crippen LogP contribution in [-0.4, -0.2) is 32.5 Å². The van der Waals surface area contributed by atoms with Gasteiger partial charge in [-0.25, -0.2) is 9.18 Å². The molecule has 0 spiro atoms. The molecule has 1 aromatic heterocycles. The second-order valence-electron chi connectivity index (χ2n) is 6.76. The number of nitrogens with one attached hydrogen (secondary N) is 1. The molecule has 2 aromatic carbocycles. The average molecular weight is 507 g/mol. The Morgan fingerprint density at radius 2 is 1.88 bits per heavy atom. The number of carbonyl (C=O) groups excluding carboxylic acids is 1. The molecule has 7 nitrogen and oxygen atoms in total. The van der Waals surface area contributed by atoms with Gasteiger partial charge in [0.25, 0.3) is 5.91 Å².